The zero-order valence-electron chi connectivity index (χ0n) is 5.48. The maximum Gasteiger partial charge on any atom is 0.0797 e. The number of rotatable bonds is 2. The fourth-order valence-corrected chi connectivity index (χ4v) is 1.27. The Morgan fingerprint density at radius 3 is 3.20 bits per heavy atom. The minimum atomic E-state index is 0.424. The van der Waals surface area contributed by atoms with Gasteiger partial charge in [0.2, 0.25) is 0 Å². The number of aryl methyl sites for hydroxylation is 1. The minimum absolute atomic E-state index is 0.424. The molecule has 0 saturated heterocycles. The summed E-state index contributed by atoms with van der Waals surface area (Å²) in [6.45, 7) is 2.33. The van der Waals surface area contributed by atoms with Crippen molar-refractivity contribution >= 4 is 11.3 Å². The highest BCUT2D eigenvalue weighted by atomic mass is 32.1. The van der Waals surface area contributed by atoms with Crippen molar-refractivity contribution in [1.82, 2.24) is 4.98 Å². The molecular formula is C5H6N4S. The van der Waals surface area contributed by atoms with Crippen molar-refractivity contribution in [2.24, 2.45) is 5.11 Å². The van der Waals surface area contributed by atoms with Crippen LogP contribution in [-0.4, -0.2) is 4.98 Å². The lowest BCUT2D eigenvalue weighted by Crippen LogP contribution is -1.77. The lowest BCUT2D eigenvalue weighted by molar-refractivity contribution is 1.04. The van der Waals surface area contributed by atoms with Crippen LogP contribution in [0.25, 0.3) is 10.4 Å². The molecule has 0 aliphatic rings. The Balaban J connectivity index is 2.74. The molecule has 0 bridgehead atoms. The molecule has 0 atom stereocenters. The molecule has 1 rings (SSSR count). The van der Waals surface area contributed by atoms with Gasteiger partial charge in [0.15, 0.2) is 0 Å². The summed E-state index contributed by atoms with van der Waals surface area (Å²) in [7, 11) is 0. The Morgan fingerprint density at radius 1 is 1.90 bits per heavy atom. The fraction of sp³-hybridized carbons (Fsp3) is 0.400. The van der Waals surface area contributed by atoms with Gasteiger partial charge in [-0.3, -0.25) is 0 Å². The van der Waals surface area contributed by atoms with Crippen molar-refractivity contribution in [2.75, 3.05) is 0 Å². The number of azide groups is 1. The van der Waals surface area contributed by atoms with E-state index in [1.807, 2.05) is 6.92 Å². The van der Waals surface area contributed by atoms with Crippen LogP contribution in [0.15, 0.2) is 10.6 Å². The number of aromatic nitrogens is 1. The molecule has 1 heterocycles. The summed E-state index contributed by atoms with van der Waals surface area (Å²) in [6.07, 6.45) is 0. The maximum atomic E-state index is 8.00. The van der Waals surface area contributed by atoms with E-state index in [-0.39, 0.29) is 0 Å². The second-order valence-electron chi connectivity index (χ2n) is 1.75. The molecule has 0 N–H and O–H groups in total. The molecule has 1 aromatic rings. The molecule has 10 heavy (non-hydrogen) atoms. The summed E-state index contributed by atoms with van der Waals surface area (Å²) < 4.78 is 0. The molecular weight excluding hydrogens is 148 g/mol. The van der Waals surface area contributed by atoms with Gasteiger partial charge in [0, 0.05) is 9.79 Å². The quantitative estimate of drug-likeness (QED) is 0.366. The van der Waals surface area contributed by atoms with Gasteiger partial charge in [0.05, 0.1) is 17.7 Å². The zero-order valence-corrected chi connectivity index (χ0v) is 6.30. The largest absolute Gasteiger partial charge is 0.250 e. The summed E-state index contributed by atoms with van der Waals surface area (Å²) in [5.74, 6) is 0. The van der Waals surface area contributed by atoms with Gasteiger partial charge < -0.3 is 0 Å². The van der Waals surface area contributed by atoms with Crippen molar-refractivity contribution in [1.29, 1.82) is 0 Å². The first-order valence-electron chi connectivity index (χ1n) is 2.74. The van der Waals surface area contributed by atoms with Crippen LogP contribution in [0.2, 0.25) is 0 Å². The van der Waals surface area contributed by atoms with Gasteiger partial charge >= 0.3 is 0 Å². The molecule has 0 fully saturated rings. The number of hydrogen-bond donors (Lipinski definition) is 0. The second-order valence-corrected chi connectivity index (χ2v) is 2.69. The highest BCUT2D eigenvalue weighted by Crippen LogP contribution is 2.12. The fourth-order valence-electron chi connectivity index (χ4n) is 0.574. The molecule has 0 aromatic carbocycles. The Hall–Kier alpha value is -1.06. The Labute approximate surface area is 62.2 Å². The van der Waals surface area contributed by atoms with Crippen LogP contribution < -0.4 is 0 Å². The third-order valence-corrected chi connectivity index (χ3v) is 2.04. The third kappa shape index (κ3) is 1.46. The zero-order chi connectivity index (χ0) is 7.40. The normalized spacial score (nSPS) is 8.90. The molecule has 0 amide bonds. The predicted octanol–water partition coefficient (Wildman–Crippen LogP) is 2.26. The molecule has 1 aromatic heterocycles. The summed E-state index contributed by atoms with van der Waals surface area (Å²) in [5, 5.41) is 3.43. The highest BCUT2D eigenvalue weighted by molar-refractivity contribution is 7.09. The van der Waals surface area contributed by atoms with Crippen molar-refractivity contribution in [3.8, 4) is 0 Å². The summed E-state index contributed by atoms with van der Waals surface area (Å²) in [4.78, 5) is 7.70. The standard InChI is InChI=1S/C5H6N4S/c1-4-5(2-8-9-6)10-3-7-4/h3H,2H2,1H3. The van der Waals surface area contributed by atoms with E-state index < -0.39 is 0 Å². The van der Waals surface area contributed by atoms with Crippen LogP contribution in [-0.2, 0) is 6.54 Å². The molecule has 52 valence electrons. The lowest BCUT2D eigenvalue weighted by Gasteiger charge is -1.86. The Bertz CT molecular complexity index is 260. The van der Waals surface area contributed by atoms with Crippen molar-refractivity contribution in [3.63, 3.8) is 0 Å². The number of nitrogens with zero attached hydrogens (tertiary/aromatic N) is 4. The van der Waals surface area contributed by atoms with Crippen molar-refractivity contribution in [3.05, 3.63) is 26.5 Å². The SMILES string of the molecule is Cc1ncsc1CN=[N+]=[N-]. The molecule has 0 saturated carbocycles. The van der Waals surface area contributed by atoms with E-state index in [0.717, 1.165) is 10.6 Å². The van der Waals surface area contributed by atoms with E-state index in [4.69, 9.17) is 5.53 Å². The van der Waals surface area contributed by atoms with E-state index >= 15 is 0 Å². The van der Waals surface area contributed by atoms with E-state index in [1.54, 1.807) is 5.51 Å². The average Bonchev–Trinajstić information content (AvgIpc) is 2.31. The molecule has 0 aliphatic carbocycles. The van der Waals surface area contributed by atoms with Gasteiger partial charge in [0.1, 0.15) is 0 Å². The smallest absolute Gasteiger partial charge is 0.0797 e. The van der Waals surface area contributed by atoms with Crippen molar-refractivity contribution < 1.29 is 0 Å². The molecule has 5 heteroatoms. The van der Waals surface area contributed by atoms with Gasteiger partial charge in [-0.1, -0.05) is 5.11 Å². The lowest BCUT2D eigenvalue weighted by atomic mass is 10.4. The first-order valence-corrected chi connectivity index (χ1v) is 3.62. The highest BCUT2D eigenvalue weighted by Gasteiger charge is 1.96. The Morgan fingerprint density at radius 2 is 2.70 bits per heavy atom. The molecule has 0 spiro atoms. The predicted molar refractivity (Wildman–Crippen MR) is 39.7 cm³/mol. The minimum Gasteiger partial charge on any atom is -0.250 e. The summed E-state index contributed by atoms with van der Waals surface area (Å²) in [6, 6.07) is 0. The van der Waals surface area contributed by atoms with Crippen LogP contribution in [0.3, 0.4) is 0 Å². The first kappa shape index (κ1) is 7.05. The van der Waals surface area contributed by atoms with E-state index in [0.29, 0.717) is 6.54 Å². The van der Waals surface area contributed by atoms with Gasteiger partial charge in [-0.15, -0.1) is 11.3 Å². The first-order chi connectivity index (χ1) is 4.84. The maximum absolute atomic E-state index is 8.00. The third-order valence-electron chi connectivity index (χ3n) is 1.12. The average molecular weight is 154 g/mol. The van der Waals surface area contributed by atoms with Crippen LogP contribution in [0, 0.1) is 6.92 Å². The van der Waals surface area contributed by atoms with Crippen molar-refractivity contribution in [2.45, 2.75) is 13.5 Å². The molecule has 0 unspecified atom stereocenters. The van der Waals surface area contributed by atoms with E-state index in [2.05, 4.69) is 15.0 Å². The van der Waals surface area contributed by atoms with Crippen LogP contribution in [0.4, 0.5) is 0 Å². The van der Waals surface area contributed by atoms with Crippen LogP contribution >= 0.6 is 11.3 Å². The van der Waals surface area contributed by atoms with Gasteiger partial charge in [-0.2, -0.15) is 0 Å². The van der Waals surface area contributed by atoms with Gasteiger partial charge in [-0.25, -0.2) is 4.98 Å². The summed E-state index contributed by atoms with van der Waals surface area (Å²) in [5.41, 5.74) is 10.7. The molecule has 4 nitrogen and oxygen atoms in total. The van der Waals surface area contributed by atoms with E-state index in [1.165, 1.54) is 11.3 Å². The molecule has 0 aliphatic heterocycles. The number of thiazole rings is 1. The van der Waals surface area contributed by atoms with E-state index in [9.17, 15) is 0 Å². The van der Waals surface area contributed by atoms with Crippen LogP contribution in [0.1, 0.15) is 10.6 Å². The monoisotopic (exact) mass is 154 g/mol. The molecule has 0 radical (unpaired) electrons. The Kier molecular flexibility index (Phi) is 2.25. The van der Waals surface area contributed by atoms with Gasteiger partial charge in [-0.05, 0) is 12.5 Å². The summed E-state index contributed by atoms with van der Waals surface area (Å²) >= 11 is 1.51. The van der Waals surface area contributed by atoms with Gasteiger partial charge in [0.25, 0.3) is 0 Å². The topological polar surface area (TPSA) is 61.7 Å². The number of hydrogen-bond acceptors (Lipinski definition) is 3. The van der Waals surface area contributed by atoms with Crippen LogP contribution in [0.5, 0.6) is 0 Å². The second kappa shape index (κ2) is 3.20.